The first-order chi connectivity index (χ1) is 9.38. The van der Waals surface area contributed by atoms with E-state index in [1.54, 1.807) is 7.11 Å². The van der Waals surface area contributed by atoms with Gasteiger partial charge in [0.15, 0.2) is 0 Å². The van der Waals surface area contributed by atoms with Gasteiger partial charge in [-0.05, 0) is 13.0 Å². The first-order valence-electron chi connectivity index (χ1n) is 6.98. The lowest BCUT2D eigenvalue weighted by Crippen LogP contribution is -2.44. The molecule has 0 radical (unpaired) electrons. The van der Waals surface area contributed by atoms with E-state index in [9.17, 15) is 0 Å². The molecule has 2 aliphatic heterocycles. The molecule has 3 heterocycles. The highest BCUT2D eigenvalue weighted by atomic mass is 16.5. The van der Waals surface area contributed by atoms with Crippen LogP contribution in [0.1, 0.15) is 11.3 Å². The lowest BCUT2D eigenvalue weighted by molar-refractivity contribution is 0.377. The number of ether oxygens (including phenoxy) is 1. The molecule has 0 bridgehead atoms. The fourth-order valence-electron chi connectivity index (χ4n) is 2.73. The standard InChI is InChI=1S/C13H21N5O/c1-19-13-16-11-3-5-14-4-2-10(11)12(17-13)18-8-6-15-7-9-18/h14-15H,2-9H2,1H3. The van der Waals surface area contributed by atoms with Gasteiger partial charge in [-0.25, -0.2) is 0 Å². The van der Waals surface area contributed by atoms with Gasteiger partial charge in [0, 0.05) is 44.7 Å². The smallest absolute Gasteiger partial charge is 0.318 e. The Balaban J connectivity index is 1.99. The van der Waals surface area contributed by atoms with Gasteiger partial charge in [0.2, 0.25) is 0 Å². The summed E-state index contributed by atoms with van der Waals surface area (Å²) in [5, 5.41) is 6.80. The van der Waals surface area contributed by atoms with Crippen molar-refractivity contribution in [3.63, 3.8) is 0 Å². The molecule has 1 saturated heterocycles. The number of piperazine rings is 1. The van der Waals surface area contributed by atoms with Crippen molar-refractivity contribution in [2.45, 2.75) is 12.8 Å². The molecule has 0 atom stereocenters. The van der Waals surface area contributed by atoms with Crippen molar-refractivity contribution in [3.8, 4) is 6.01 Å². The molecule has 2 aliphatic rings. The Hall–Kier alpha value is -1.40. The highest BCUT2D eigenvalue weighted by molar-refractivity contribution is 5.51. The molecule has 2 N–H and O–H groups in total. The average molecular weight is 263 g/mol. The van der Waals surface area contributed by atoms with Gasteiger partial charge in [-0.3, -0.25) is 0 Å². The third-order valence-corrected chi connectivity index (χ3v) is 3.74. The summed E-state index contributed by atoms with van der Waals surface area (Å²) in [6, 6.07) is 0.495. The number of anilines is 1. The molecule has 1 aromatic rings. The molecule has 0 unspecified atom stereocenters. The maximum Gasteiger partial charge on any atom is 0.318 e. The van der Waals surface area contributed by atoms with Gasteiger partial charge in [-0.15, -0.1) is 0 Å². The van der Waals surface area contributed by atoms with Crippen molar-refractivity contribution in [1.82, 2.24) is 20.6 Å². The van der Waals surface area contributed by atoms with E-state index in [0.717, 1.165) is 63.6 Å². The zero-order chi connectivity index (χ0) is 13.1. The summed E-state index contributed by atoms with van der Waals surface area (Å²) in [7, 11) is 1.64. The van der Waals surface area contributed by atoms with Gasteiger partial charge in [0.1, 0.15) is 5.82 Å². The molecule has 6 nitrogen and oxygen atoms in total. The van der Waals surface area contributed by atoms with Crippen molar-refractivity contribution in [2.24, 2.45) is 0 Å². The predicted molar refractivity (Wildman–Crippen MR) is 73.9 cm³/mol. The average Bonchev–Trinajstić information content (AvgIpc) is 2.72. The van der Waals surface area contributed by atoms with Crippen molar-refractivity contribution in [3.05, 3.63) is 11.3 Å². The first kappa shape index (κ1) is 12.6. The largest absolute Gasteiger partial charge is 0.467 e. The number of rotatable bonds is 2. The summed E-state index contributed by atoms with van der Waals surface area (Å²) in [6.45, 7) is 6.01. The Labute approximate surface area is 113 Å². The Morgan fingerprint density at radius 1 is 1.00 bits per heavy atom. The topological polar surface area (TPSA) is 62.3 Å². The third-order valence-electron chi connectivity index (χ3n) is 3.74. The highest BCUT2D eigenvalue weighted by Gasteiger charge is 2.22. The lowest BCUT2D eigenvalue weighted by atomic mass is 10.1. The fourth-order valence-corrected chi connectivity index (χ4v) is 2.73. The van der Waals surface area contributed by atoms with Crippen molar-refractivity contribution >= 4 is 5.82 Å². The maximum atomic E-state index is 5.27. The second kappa shape index (κ2) is 5.71. The summed E-state index contributed by atoms with van der Waals surface area (Å²) < 4.78 is 5.27. The summed E-state index contributed by atoms with van der Waals surface area (Å²) in [5.74, 6) is 1.08. The Bertz CT molecular complexity index is 445. The molecule has 104 valence electrons. The fraction of sp³-hybridized carbons (Fsp3) is 0.692. The Morgan fingerprint density at radius 3 is 2.53 bits per heavy atom. The number of nitrogens with one attached hydrogen (secondary N) is 2. The number of hydrogen-bond acceptors (Lipinski definition) is 6. The minimum absolute atomic E-state index is 0.495. The second-order valence-corrected chi connectivity index (χ2v) is 4.95. The number of methoxy groups -OCH3 is 1. The Kier molecular flexibility index (Phi) is 3.79. The van der Waals surface area contributed by atoms with Crippen molar-refractivity contribution < 1.29 is 4.74 Å². The van der Waals surface area contributed by atoms with Crippen LogP contribution in [0.15, 0.2) is 0 Å². The first-order valence-corrected chi connectivity index (χ1v) is 6.98. The molecular formula is C13H21N5O. The molecule has 19 heavy (non-hydrogen) atoms. The zero-order valence-electron chi connectivity index (χ0n) is 11.4. The SMILES string of the molecule is COc1nc2c(c(N3CCNCC3)n1)CCNCC2. The summed E-state index contributed by atoms with van der Waals surface area (Å²) in [5.41, 5.74) is 2.44. The molecular weight excluding hydrogens is 242 g/mol. The number of nitrogens with zero attached hydrogens (tertiary/aromatic N) is 3. The molecule has 0 amide bonds. The number of hydrogen-bond donors (Lipinski definition) is 2. The van der Waals surface area contributed by atoms with Crippen LogP contribution in [0.2, 0.25) is 0 Å². The van der Waals surface area contributed by atoms with Crippen LogP contribution in [-0.2, 0) is 12.8 Å². The van der Waals surface area contributed by atoms with Gasteiger partial charge in [0.25, 0.3) is 0 Å². The van der Waals surface area contributed by atoms with Crippen LogP contribution in [0.5, 0.6) is 6.01 Å². The van der Waals surface area contributed by atoms with Crippen molar-refractivity contribution in [2.75, 3.05) is 51.3 Å². The molecule has 0 saturated carbocycles. The zero-order valence-corrected chi connectivity index (χ0v) is 11.4. The summed E-state index contributed by atoms with van der Waals surface area (Å²) in [4.78, 5) is 11.5. The lowest BCUT2D eigenvalue weighted by Gasteiger charge is -2.30. The molecule has 6 heteroatoms. The van der Waals surface area contributed by atoms with Gasteiger partial charge >= 0.3 is 6.01 Å². The van der Waals surface area contributed by atoms with E-state index in [1.165, 1.54) is 5.56 Å². The van der Waals surface area contributed by atoms with E-state index in [0.29, 0.717) is 6.01 Å². The van der Waals surface area contributed by atoms with E-state index in [1.807, 2.05) is 0 Å². The molecule has 3 rings (SSSR count). The van der Waals surface area contributed by atoms with Crippen molar-refractivity contribution in [1.29, 1.82) is 0 Å². The monoisotopic (exact) mass is 263 g/mol. The van der Waals surface area contributed by atoms with Crippen LogP contribution in [0, 0.1) is 0 Å². The third kappa shape index (κ3) is 2.64. The van der Waals surface area contributed by atoms with Crippen LogP contribution in [-0.4, -0.2) is 56.3 Å². The second-order valence-electron chi connectivity index (χ2n) is 4.95. The van der Waals surface area contributed by atoms with Crippen LogP contribution in [0.3, 0.4) is 0 Å². The minimum atomic E-state index is 0.495. The highest BCUT2D eigenvalue weighted by Crippen LogP contribution is 2.25. The summed E-state index contributed by atoms with van der Waals surface area (Å²) >= 11 is 0. The normalized spacial score (nSPS) is 19.7. The minimum Gasteiger partial charge on any atom is -0.467 e. The van der Waals surface area contributed by atoms with E-state index in [-0.39, 0.29) is 0 Å². The van der Waals surface area contributed by atoms with Crippen LogP contribution < -0.4 is 20.3 Å². The molecule has 1 fully saturated rings. The molecule has 1 aromatic heterocycles. The van der Waals surface area contributed by atoms with Crippen LogP contribution in [0.25, 0.3) is 0 Å². The van der Waals surface area contributed by atoms with Crippen LogP contribution in [0.4, 0.5) is 5.82 Å². The van der Waals surface area contributed by atoms with Crippen LogP contribution >= 0.6 is 0 Å². The molecule has 0 spiro atoms. The predicted octanol–water partition coefficient (Wildman–Crippen LogP) is -0.417. The Morgan fingerprint density at radius 2 is 1.74 bits per heavy atom. The van der Waals surface area contributed by atoms with Gasteiger partial charge in [0.05, 0.1) is 12.8 Å². The molecule has 0 aromatic carbocycles. The van der Waals surface area contributed by atoms with E-state index >= 15 is 0 Å². The van der Waals surface area contributed by atoms with Gasteiger partial charge in [-0.2, -0.15) is 9.97 Å². The van der Waals surface area contributed by atoms with Gasteiger partial charge < -0.3 is 20.3 Å². The number of aromatic nitrogens is 2. The van der Waals surface area contributed by atoms with E-state index in [2.05, 4.69) is 25.5 Å². The van der Waals surface area contributed by atoms with E-state index < -0.39 is 0 Å². The molecule has 0 aliphatic carbocycles. The summed E-state index contributed by atoms with van der Waals surface area (Å²) in [6.07, 6.45) is 1.95. The maximum absolute atomic E-state index is 5.27. The van der Waals surface area contributed by atoms with Gasteiger partial charge in [-0.1, -0.05) is 0 Å². The number of fused-ring (bicyclic) bond motifs is 1. The quantitative estimate of drug-likeness (QED) is 0.756. The van der Waals surface area contributed by atoms with E-state index in [4.69, 9.17) is 4.74 Å².